The molecule has 1 heterocycles. The molecule has 0 atom stereocenters. The Balaban J connectivity index is 2.22. The minimum atomic E-state index is 0.726. The second kappa shape index (κ2) is 4.73. The van der Waals surface area contributed by atoms with Gasteiger partial charge in [0.1, 0.15) is 0 Å². The summed E-state index contributed by atoms with van der Waals surface area (Å²) in [5.41, 5.74) is 7.73. The molecule has 1 aromatic carbocycles. The first-order valence-corrected chi connectivity index (χ1v) is 5.53. The zero-order chi connectivity index (χ0) is 10.7. The highest BCUT2D eigenvalue weighted by Crippen LogP contribution is 2.27. The van der Waals surface area contributed by atoms with Gasteiger partial charge < -0.3 is 15.4 Å². The molecule has 0 bridgehead atoms. The first-order chi connectivity index (χ1) is 7.27. The van der Waals surface area contributed by atoms with Gasteiger partial charge in [0.2, 0.25) is 0 Å². The third-order valence-corrected chi connectivity index (χ3v) is 2.79. The molecule has 3 nitrogen and oxygen atoms in total. The fourth-order valence-corrected chi connectivity index (χ4v) is 1.94. The molecule has 15 heavy (non-hydrogen) atoms. The molecule has 0 aromatic heterocycles. The van der Waals surface area contributed by atoms with Gasteiger partial charge in [0.15, 0.2) is 0 Å². The van der Waals surface area contributed by atoms with Crippen molar-refractivity contribution in [3.63, 3.8) is 0 Å². The van der Waals surface area contributed by atoms with Gasteiger partial charge in [-0.3, -0.25) is 0 Å². The zero-order valence-corrected chi connectivity index (χ0v) is 9.33. The van der Waals surface area contributed by atoms with Crippen LogP contribution < -0.4 is 10.6 Å². The second-order valence-corrected chi connectivity index (χ2v) is 4.09. The van der Waals surface area contributed by atoms with Crippen LogP contribution in [0.15, 0.2) is 18.2 Å². The maximum atomic E-state index is 5.96. The third-order valence-electron chi connectivity index (χ3n) is 2.56. The van der Waals surface area contributed by atoms with Gasteiger partial charge in [0.05, 0.1) is 18.0 Å². The van der Waals surface area contributed by atoms with Crippen molar-refractivity contribution in [1.82, 2.24) is 0 Å². The average Bonchev–Trinajstić information content (AvgIpc) is 2.50. The summed E-state index contributed by atoms with van der Waals surface area (Å²) in [6.45, 7) is 3.44. The molecule has 0 amide bonds. The molecule has 0 spiro atoms. The number of anilines is 2. The minimum absolute atomic E-state index is 0.726. The lowest BCUT2D eigenvalue weighted by Gasteiger charge is -2.23. The molecule has 0 saturated carbocycles. The topological polar surface area (TPSA) is 38.5 Å². The monoisotopic (exact) mass is 226 g/mol. The highest BCUT2D eigenvalue weighted by atomic mass is 35.5. The standard InChI is InChI=1S/C11H15ClN2O/c12-9-2-3-10(13)11(8-9)14-4-1-6-15-7-5-14/h2-3,8H,1,4-7,13H2. The number of nitrogens with zero attached hydrogens (tertiary/aromatic N) is 1. The Morgan fingerprint density at radius 3 is 3.00 bits per heavy atom. The molecule has 2 N–H and O–H groups in total. The second-order valence-electron chi connectivity index (χ2n) is 3.66. The molecule has 0 radical (unpaired) electrons. The maximum absolute atomic E-state index is 5.96. The van der Waals surface area contributed by atoms with E-state index in [1.807, 2.05) is 18.2 Å². The van der Waals surface area contributed by atoms with E-state index in [-0.39, 0.29) is 0 Å². The van der Waals surface area contributed by atoms with Crippen LogP contribution in [-0.2, 0) is 4.74 Å². The summed E-state index contributed by atoms with van der Waals surface area (Å²) in [5, 5.41) is 0.726. The predicted molar refractivity (Wildman–Crippen MR) is 63.5 cm³/mol. The van der Waals surface area contributed by atoms with Gasteiger partial charge in [-0.2, -0.15) is 0 Å². The van der Waals surface area contributed by atoms with E-state index < -0.39 is 0 Å². The Morgan fingerprint density at radius 2 is 2.13 bits per heavy atom. The smallest absolute Gasteiger partial charge is 0.0641 e. The van der Waals surface area contributed by atoms with Crippen LogP contribution in [0.25, 0.3) is 0 Å². The van der Waals surface area contributed by atoms with Crippen LogP contribution in [0.5, 0.6) is 0 Å². The van der Waals surface area contributed by atoms with E-state index in [0.29, 0.717) is 0 Å². The molecular weight excluding hydrogens is 212 g/mol. The van der Waals surface area contributed by atoms with Gasteiger partial charge in [0.25, 0.3) is 0 Å². The number of hydrogen-bond acceptors (Lipinski definition) is 3. The van der Waals surface area contributed by atoms with Gasteiger partial charge >= 0.3 is 0 Å². The SMILES string of the molecule is Nc1ccc(Cl)cc1N1CCCOCC1. The van der Waals surface area contributed by atoms with Crippen molar-refractivity contribution >= 4 is 23.0 Å². The van der Waals surface area contributed by atoms with E-state index in [1.54, 1.807) is 0 Å². The van der Waals surface area contributed by atoms with Crippen molar-refractivity contribution in [2.24, 2.45) is 0 Å². The number of hydrogen-bond donors (Lipinski definition) is 1. The van der Waals surface area contributed by atoms with Crippen LogP contribution in [-0.4, -0.2) is 26.3 Å². The van der Waals surface area contributed by atoms with E-state index in [4.69, 9.17) is 22.1 Å². The Hall–Kier alpha value is -0.930. The van der Waals surface area contributed by atoms with Crippen LogP contribution in [0.2, 0.25) is 5.02 Å². The normalized spacial score (nSPS) is 17.5. The molecule has 1 fully saturated rings. The number of nitrogen functional groups attached to an aromatic ring is 1. The zero-order valence-electron chi connectivity index (χ0n) is 8.58. The first-order valence-electron chi connectivity index (χ1n) is 5.15. The number of nitrogens with two attached hydrogens (primary N) is 1. The number of benzene rings is 1. The van der Waals surface area contributed by atoms with Crippen LogP contribution in [0.3, 0.4) is 0 Å². The van der Waals surface area contributed by atoms with E-state index in [0.717, 1.165) is 49.1 Å². The Labute approximate surface area is 94.8 Å². The molecule has 0 aliphatic carbocycles. The van der Waals surface area contributed by atoms with Crippen LogP contribution in [0, 0.1) is 0 Å². The first kappa shape index (κ1) is 10.6. The summed E-state index contributed by atoms with van der Waals surface area (Å²) in [6, 6.07) is 5.58. The number of halogens is 1. The summed E-state index contributed by atoms with van der Waals surface area (Å²) in [4.78, 5) is 2.23. The highest BCUT2D eigenvalue weighted by Gasteiger charge is 2.12. The van der Waals surface area contributed by atoms with Crippen LogP contribution in [0.1, 0.15) is 6.42 Å². The Kier molecular flexibility index (Phi) is 3.34. The summed E-state index contributed by atoms with van der Waals surface area (Å²) in [6.07, 6.45) is 1.03. The van der Waals surface area contributed by atoms with E-state index in [2.05, 4.69) is 4.90 Å². The predicted octanol–water partition coefficient (Wildman–Crippen LogP) is 2.15. The molecule has 1 aliphatic heterocycles. The molecule has 2 rings (SSSR count). The lowest BCUT2D eigenvalue weighted by Crippen LogP contribution is -2.26. The lowest BCUT2D eigenvalue weighted by molar-refractivity contribution is 0.152. The van der Waals surface area contributed by atoms with Crippen molar-refractivity contribution in [3.8, 4) is 0 Å². The van der Waals surface area contributed by atoms with Crippen molar-refractivity contribution in [2.75, 3.05) is 36.9 Å². The Morgan fingerprint density at radius 1 is 1.27 bits per heavy atom. The minimum Gasteiger partial charge on any atom is -0.397 e. The van der Waals surface area contributed by atoms with Crippen molar-refractivity contribution < 1.29 is 4.74 Å². The van der Waals surface area contributed by atoms with Crippen LogP contribution >= 0.6 is 11.6 Å². The number of rotatable bonds is 1. The fourth-order valence-electron chi connectivity index (χ4n) is 1.78. The van der Waals surface area contributed by atoms with E-state index in [9.17, 15) is 0 Å². The molecule has 1 aliphatic rings. The van der Waals surface area contributed by atoms with Crippen molar-refractivity contribution in [2.45, 2.75) is 6.42 Å². The van der Waals surface area contributed by atoms with Crippen molar-refractivity contribution in [1.29, 1.82) is 0 Å². The largest absolute Gasteiger partial charge is 0.397 e. The van der Waals surface area contributed by atoms with Gasteiger partial charge in [0, 0.05) is 24.7 Å². The number of ether oxygens (including phenoxy) is 1. The molecule has 1 aromatic rings. The quantitative estimate of drug-likeness (QED) is 0.746. The Bertz CT molecular complexity index is 335. The molecule has 82 valence electrons. The summed E-state index contributed by atoms with van der Waals surface area (Å²) in [5.74, 6) is 0. The van der Waals surface area contributed by atoms with Crippen LogP contribution in [0.4, 0.5) is 11.4 Å². The van der Waals surface area contributed by atoms with Gasteiger partial charge in [-0.15, -0.1) is 0 Å². The summed E-state index contributed by atoms with van der Waals surface area (Å²) < 4.78 is 5.40. The van der Waals surface area contributed by atoms with E-state index in [1.165, 1.54) is 0 Å². The summed E-state index contributed by atoms with van der Waals surface area (Å²) >= 11 is 5.96. The molecule has 4 heteroatoms. The van der Waals surface area contributed by atoms with Crippen molar-refractivity contribution in [3.05, 3.63) is 23.2 Å². The lowest BCUT2D eigenvalue weighted by atomic mass is 10.2. The average molecular weight is 227 g/mol. The van der Waals surface area contributed by atoms with Gasteiger partial charge in [-0.1, -0.05) is 11.6 Å². The third kappa shape index (κ3) is 2.55. The van der Waals surface area contributed by atoms with Gasteiger partial charge in [-0.05, 0) is 24.6 Å². The molecule has 0 unspecified atom stereocenters. The molecular formula is C11H15ClN2O. The highest BCUT2D eigenvalue weighted by molar-refractivity contribution is 6.31. The van der Waals surface area contributed by atoms with E-state index >= 15 is 0 Å². The van der Waals surface area contributed by atoms with Gasteiger partial charge in [-0.25, -0.2) is 0 Å². The summed E-state index contributed by atoms with van der Waals surface area (Å²) in [7, 11) is 0. The fraction of sp³-hybridized carbons (Fsp3) is 0.455. The molecule has 1 saturated heterocycles. The maximum Gasteiger partial charge on any atom is 0.0641 e.